The predicted octanol–water partition coefficient (Wildman–Crippen LogP) is 2.00. The topological polar surface area (TPSA) is 54.0 Å². The van der Waals surface area contributed by atoms with Crippen molar-refractivity contribution in [2.24, 2.45) is 0 Å². The van der Waals surface area contributed by atoms with Crippen LogP contribution >= 0.6 is 0 Å². The second-order valence-electron chi connectivity index (χ2n) is 2.89. The summed E-state index contributed by atoms with van der Waals surface area (Å²) in [6.45, 7) is 1.86. The highest BCUT2D eigenvalue weighted by atomic mass is 16.3. The Balaban J connectivity index is 2.36. The lowest BCUT2D eigenvalue weighted by Crippen LogP contribution is -1.97. The smallest absolute Gasteiger partial charge is 0.147 e. The quantitative estimate of drug-likeness (QED) is 0.706. The number of rotatable bonds is 4. The maximum absolute atomic E-state index is 11.0. The van der Waals surface area contributed by atoms with E-state index < -0.39 is 0 Å². The van der Waals surface area contributed by atoms with Gasteiger partial charge in [0, 0.05) is 12.8 Å². The van der Waals surface area contributed by atoms with Gasteiger partial charge in [-0.05, 0) is 19.1 Å². The largest absolute Gasteiger partial charge is 0.466 e. The maximum Gasteiger partial charge on any atom is 0.147 e. The zero-order chi connectivity index (χ0) is 9.68. The number of carbonyl (C=O) groups is 1. The van der Waals surface area contributed by atoms with Crippen molar-refractivity contribution in [1.29, 1.82) is 5.26 Å². The van der Waals surface area contributed by atoms with Gasteiger partial charge in [-0.15, -0.1) is 0 Å². The third kappa shape index (κ3) is 3.12. The SMILES string of the molecule is Cc1ccc(CCC(=O)CC#N)o1. The number of furan rings is 1. The van der Waals surface area contributed by atoms with E-state index in [2.05, 4.69) is 0 Å². The van der Waals surface area contributed by atoms with Gasteiger partial charge in [-0.3, -0.25) is 4.79 Å². The summed E-state index contributed by atoms with van der Waals surface area (Å²) in [6, 6.07) is 5.55. The first-order valence-corrected chi connectivity index (χ1v) is 4.16. The molecular weight excluding hydrogens is 166 g/mol. The minimum atomic E-state index is -0.0310. The number of nitriles is 1. The minimum Gasteiger partial charge on any atom is -0.466 e. The van der Waals surface area contributed by atoms with E-state index in [1.54, 1.807) is 0 Å². The summed E-state index contributed by atoms with van der Waals surface area (Å²) < 4.78 is 5.28. The Bertz CT molecular complexity index is 333. The highest BCUT2D eigenvalue weighted by Gasteiger charge is 2.03. The molecule has 1 heterocycles. The molecular formula is C10H11NO2. The zero-order valence-electron chi connectivity index (χ0n) is 7.54. The average Bonchev–Trinajstić information content (AvgIpc) is 2.49. The van der Waals surface area contributed by atoms with Gasteiger partial charge in [-0.25, -0.2) is 0 Å². The summed E-state index contributed by atoms with van der Waals surface area (Å²) in [5, 5.41) is 8.24. The van der Waals surface area contributed by atoms with Gasteiger partial charge in [-0.1, -0.05) is 0 Å². The van der Waals surface area contributed by atoms with Crippen LogP contribution in [-0.2, 0) is 11.2 Å². The van der Waals surface area contributed by atoms with E-state index in [0.29, 0.717) is 12.8 Å². The summed E-state index contributed by atoms with van der Waals surface area (Å²) in [7, 11) is 0. The van der Waals surface area contributed by atoms with Gasteiger partial charge < -0.3 is 4.42 Å². The molecule has 0 radical (unpaired) electrons. The summed E-state index contributed by atoms with van der Waals surface area (Å²) >= 11 is 0. The maximum atomic E-state index is 11.0. The van der Waals surface area contributed by atoms with Crippen LogP contribution in [0.4, 0.5) is 0 Å². The van der Waals surface area contributed by atoms with E-state index in [4.69, 9.17) is 9.68 Å². The number of hydrogen-bond acceptors (Lipinski definition) is 3. The molecule has 0 aliphatic heterocycles. The van der Waals surface area contributed by atoms with Crippen molar-refractivity contribution in [3.05, 3.63) is 23.7 Å². The van der Waals surface area contributed by atoms with Gasteiger partial charge in [0.15, 0.2) is 0 Å². The molecule has 0 aromatic carbocycles. The van der Waals surface area contributed by atoms with Gasteiger partial charge in [0.25, 0.3) is 0 Å². The Hall–Kier alpha value is -1.56. The fraction of sp³-hybridized carbons (Fsp3) is 0.400. The molecule has 13 heavy (non-hydrogen) atoms. The zero-order valence-corrected chi connectivity index (χ0v) is 7.54. The Morgan fingerprint density at radius 3 is 2.92 bits per heavy atom. The van der Waals surface area contributed by atoms with E-state index in [0.717, 1.165) is 11.5 Å². The van der Waals surface area contributed by atoms with Crippen molar-refractivity contribution < 1.29 is 9.21 Å². The van der Waals surface area contributed by atoms with Crippen molar-refractivity contribution in [2.75, 3.05) is 0 Å². The molecule has 3 nitrogen and oxygen atoms in total. The standard InChI is InChI=1S/C10H11NO2/c1-8-2-4-10(13-8)5-3-9(12)6-7-11/h2,4H,3,5-6H2,1H3. The summed E-state index contributed by atoms with van der Waals surface area (Å²) in [5.74, 6) is 1.63. The molecule has 0 aliphatic rings. The lowest BCUT2D eigenvalue weighted by molar-refractivity contribution is -0.118. The van der Waals surface area contributed by atoms with Gasteiger partial charge >= 0.3 is 0 Å². The van der Waals surface area contributed by atoms with Crippen LogP contribution in [0, 0.1) is 18.3 Å². The van der Waals surface area contributed by atoms with Crippen LogP contribution in [0.15, 0.2) is 16.5 Å². The van der Waals surface area contributed by atoms with Crippen molar-refractivity contribution in [1.82, 2.24) is 0 Å². The Labute approximate surface area is 77.0 Å². The third-order valence-corrected chi connectivity index (χ3v) is 1.72. The predicted molar refractivity (Wildman–Crippen MR) is 47.0 cm³/mol. The number of ketones is 1. The molecule has 0 aliphatic carbocycles. The Kier molecular flexibility index (Phi) is 3.27. The number of nitrogens with zero attached hydrogens (tertiary/aromatic N) is 1. The summed E-state index contributed by atoms with van der Waals surface area (Å²) in [6.07, 6.45) is 0.981. The van der Waals surface area contributed by atoms with Crippen LogP contribution in [0.2, 0.25) is 0 Å². The first kappa shape index (κ1) is 9.53. The monoisotopic (exact) mass is 177 g/mol. The van der Waals surface area contributed by atoms with E-state index >= 15 is 0 Å². The van der Waals surface area contributed by atoms with E-state index in [9.17, 15) is 4.79 Å². The highest BCUT2D eigenvalue weighted by molar-refractivity contribution is 5.80. The lowest BCUT2D eigenvalue weighted by Gasteiger charge is -1.93. The highest BCUT2D eigenvalue weighted by Crippen LogP contribution is 2.09. The van der Waals surface area contributed by atoms with E-state index in [1.807, 2.05) is 25.1 Å². The molecule has 1 aromatic heterocycles. The second-order valence-corrected chi connectivity index (χ2v) is 2.89. The lowest BCUT2D eigenvalue weighted by atomic mass is 10.1. The van der Waals surface area contributed by atoms with Crippen LogP contribution in [0.1, 0.15) is 24.4 Å². The van der Waals surface area contributed by atoms with Crippen LogP contribution in [-0.4, -0.2) is 5.78 Å². The summed E-state index contributed by atoms with van der Waals surface area (Å²) in [4.78, 5) is 11.0. The van der Waals surface area contributed by atoms with Crippen LogP contribution in [0.25, 0.3) is 0 Å². The molecule has 0 fully saturated rings. The normalized spacial score (nSPS) is 9.54. The van der Waals surface area contributed by atoms with Crippen molar-refractivity contribution in [2.45, 2.75) is 26.2 Å². The molecule has 1 rings (SSSR count). The Morgan fingerprint density at radius 2 is 2.38 bits per heavy atom. The minimum absolute atomic E-state index is 0.000307. The fourth-order valence-corrected chi connectivity index (χ4v) is 1.06. The number of Topliss-reactive ketones (excluding diaryl/α,β-unsaturated/α-hetero) is 1. The molecule has 0 unspecified atom stereocenters. The average molecular weight is 177 g/mol. The molecule has 0 saturated heterocycles. The van der Waals surface area contributed by atoms with E-state index in [-0.39, 0.29) is 12.2 Å². The molecule has 0 spiro atoms. The second kappa shape index (κ2) is 4.46. The van der Waals surface area contributed by atoms with Crippen molar-refractivity contribution in [3.8, 4) is 6.07 Å². The Morgan fingerprint density at radius 1 is 1.62 bits per heavy atom. The molecule has 1 aromatic rings. The van der Waals surface area contributed by atoms with Gasteiger partial charge in [0.1, 0.15) is 17.3 Å². The first-order valence-electron chi connectivity index (χ1n) is 4.16. The van der Waals surface area contributed by atoms with Crippen LogP contribution in [0.5, 0.6) is 0 Å². The van der Waals surface area contributed by atoms with Gasteiger partial charge in [-0.2, -0.15) is 5.26 Å². The van der Waals surface area contributed by atoms with Crippen molar-refractivity contribution >= 4 is 5.78 Å². The fourth-order valence-electron chi connectivity index (χ4n) is 1.06. The molecule has 0 N–H and O–H groups in total. The van der Waals surface area contributed by atoms with Gasteiger partial charge in [0.05, 0.1) is 12.5 Å². The van der Waals surface area contributed by atoms with Crippen LogP contribution < -0.4 is 0 Å². The molecule has 0 atom stereocenters. The molecule has 0 saturated carbocycles. The molecule has 68 valence electrons. The number of aryl methyl sites for hydroxylation is 2. The van der Waals surface area contributed by atoms with Crippen molar-refractivity contribution in [3.63, 3.8) is 0 Å². The van der Waals surface area contributed by atoms with Crippen LogP contribution in [0.3, 0.4) is 0 Å². The molecule has 0 amide bonds. The number of hydrogen-bond donors (Lipinski definition) is 0. The van der Waals surface area contributed by atoms with E-state index in [1.165, 1.54) is 0 Å². The molecule has 0 bridgehead atoms. The first-order chi connectivity index (χ1) is 6.22. The summed E-state index contributed by atoms with van der Waals surface area (Å²) in [5.41, 5.74) is 0. The molecule has 3 heteroatoms. The third-order valence-electron chi connectivity index (χ3n) is 1.72. The van der Waals surface area contributed by atoms with Gasteiger partial charge in [0.2, 0.25) is 0 Å². The number of carbonyl (C=O) groups excluding carboxylic acids is 1.